The predicted octanol–water partition coefficient (Wildman–Crippen LogP) is 4.00. The van der Waals surface area contributed by atoms with Crippen molar-refractivity contribution in [3.05, 3.63) is 40.0 Å². The zero-order chi connectivity index (χ0) is 15.0. The van der Waals surface area contributed by atoms with Crippen LogP contribution < -0.4 is 11.3 Å². The first kappa shape index (κ1) is 14.2. The van der Waals surface area contributed by atoms with E-state index >= 15 is 0 Å². The Morgan fingerprint density at radius 3 is 2.86 bits per heavy atom. The fourth-order valence-electron chi connectivity index (χ4n) is 2.04. The summed E-state index contributed by atoms with van der Waals surface area (Å²) in [7, 11) is 0. The van der Waals surface area contributed by atoms with E-state index < -0.39 is 5.82 Å². The number of rotatable bonds is 3. The Balaban J connectivity index is 2.25. The normalized spacial score (nSPS) is 11.0. The number of nitrogens with two attached hydrogens (primary N) is 1. The van der Waals surface area contributed by atoms with Gasteiger partial charge in [0.1, 0.15) is 10.6 Å². The molecule has 21 heavy (non-hydrogen) atoms. The summed E-state index contributed by atoms with van der Waals surface area (Å²) in [5, 5.41) is 1.27. The second kappa shape index (κ2) is 5.55. The van der Waals surface area contributed by atoms with Gasteiger partial charge in [0, 0.05) is 9.90 Å². The molecular weight excluding hydrogens is 311 g/mol. The molecule has 0 saturated heterocycles. The highest BCUT2D eigenvalue weighted by atomic mass is 35.5. The number of thiophene rings is 1. The topological polar surface area (TPSA) is 63.8 Å². The van der Waals surface area contributed by atoms with Gasteiger partial charge in [-0.25, -0.2) is 20.2 Å². The Morgan fingerprint density at radius 2 is 2.14 bits per heavy atom. The Hall–Kier alpha value is -1.76. The number of fused-ring (bicyclic) bond motifs is 1. The first-order chi connectivity index (χ1) is 10.1. The third-order valence-electron chi connectivity index (χ3n) is 3.10. The summed E-state index contributed by atoms with van der Waals surface area (Å²) in [6, 6.07) is 6.29. The van der Waals surface area contributed by atoms with Crippen LogP contribution in [0.1, 0.15) is 11.8 Å². The highest BCUT2D eigenvalue weighted by Crippen LogP contribution is 2.32. The van der Waals surface area contributed by atoms with E-state index in [0.717, 1.165) is 16.6 Å². The van der Waals surface area contributed by atoms with Crippen molar-refractivity contribution in [2.24, 2.45) is 5.84 Å². The maximum absolute atomic E-state index is 14.0. The van der Waals surface area contributed by atoms with Crippen LogP contribution >= 0.6 is 22.9 Å². The summed E-state index contributed by atoms with van der Waals surface area (Å²) in [5.41, 5.74) is 2.81. The van der Waals surface area contributed by atoms with E-state index in [1.54, 1.807) is 11.3 Å². The Kier molecular flexibility index (Phi) is 3.75. The van der Waals surface area contributed by atoms with Crippen molar-refractivity contribution in [2.45, 2.75) is 13.3 Å². The van der Waals surface area contributed by atoms with Crippen LogP contribution in [0.5, 0.6) is 0 Å². The predicted molar refractivity (Wildman–Crippen MR) is 85.0 cm³/mol. The van der Waals surface area contributed by atoms with E-state index in [1.807, 2.05) is 6.07 Å². The summed E-state index contributed by atoms with van der Waals surface area (Å²) >= 11 is 7.47. The highest BCUT2D eigenvalue weighted by Gasteiger charge is 2.15. The number of aromatic nitrogens is 2. The number of hydrogen-bond acceptors (Lipinski definition) is 5. The van der Waals surface area contributed by atoms with E-state index in [0.29, 0.717) is 10.8 Å². The van der Waals surface area contributed by atoms with Crippen LogP contribution in [0, 0.1) is 5.82 Å². The molecule has 3 rings (SSSR count). The van der Waals surface area contributed by atoms with Gasteiger partial charge in [0.15, 0.2) is 11.6 Å². The number of benzene rings is 1. The van der Waals surface area contributed by atoms with Crippen molar-refractivity contribution in [2.75, 3.05) is 5.43 Å². The van der Waals surface area contributed by atoms with Crippen molar-refractivity contribution in [1.29, 1.82) is 0 Å². The van der Waals surface area contributed by atoms with Crippen LogP contribution in [0.4, 0.5) is 10.2 Å². The molecule has 1 aromatic carbocycles. The van der Waals surface area contributed by atoms with Crippen molar-refractivity contribution < 1.29 is 4.39 Å². The smallest absolute Gasteiger partial charge is 0.166 e. The van der Waals surface area contributed by atoms with Gasteiger partial charge in [-0.3, -0.25) is 0 Å². The molecule has 3 aromatic rings. The van der Waals surface area contributed by atoms with E-state index in [9.17, 15) is 4.39 Å². The quantitative estimate of drug-likeness (QED) is 0.565. The number of nitrogen functional groups attached to an aromatic ring is 1. The minimum Gasteiger partial charge on any atom is -0.308 e. The van der Waals surface area contributed by atoms with Gasteiger partial charge in [-0.15, -0.1) is 11.3 Å². The van der Waals surface area contributed by atoms with E-state index in [2.05, 4.69) is 22.3 Å². The molecule has 0 aliphatic carbocycles. The fourth-order valence-corrected chi connectivity index (χ4v) is 3.18. The first-order valence-electron chi connectivity index (χ1n) is 6.35. The lowest BCUT2D eigenvalue weighted by molar-refractivity contribution is 0.630. The number of nitrogens with one attached hydrogen (secondary N) is 1. The number of hydrogen-bond donors (Lipinski definition) is 2. The summed E-state index contributed by atoms with van der Waals surface area (Å²) in [6.07, 6.45) is 0.895. The zero-order valence-electron chi connectivity index (χ0n) is 11.2. The molecule has 0 radical (unpaired) electrons. The lowest BCUT2D eigenvalue weighted by Gasteiger charge is -2.06. The molecule has 0 bridgehead atoms. The Morgan fingerprint density at radius 1 is 1.33 bits per heavy atom. The third-order valence-corrected chi connectivity index (χ3v) is 4.51. The molecule has 0 amide bonds. The maximum atomic E-state index is 14.0. The van der Waals surface area contributed by atoms with Gasteiger partial charge in [0.25, 0.3) is 0 Å². The molecular formula is C14H12ClFN4S. The second-order valence-corrected chi connectivity index (χ2v) is 6.00. The molecule has 0 spiro atoms. The van der Waals surface area contributed by atoms with Crippen LogP contribution in [0.2, 0.25) is 5.02 Å². The second-order valence-electron chi connectivity index (χ2n) is 4.45. The van der Waals surface area contributed by atoms with Crippen molar-refractivity contribution in [3.63, 3.8) is 0 Å². The van der Waals surface area contributed by atoms with Crippen LogP contribution in [0.3, 0.4) is 0 Å². The SMILES string of the molecule is CCc1cc2c(NN)nc(-c3cc(Cl)ccc3F)nc2s1. The van der Waals surface area contributed by atoms with Crippen LogP contribution in [0.15, 0.2) is 24.3 Å². The van der Waals surface area contributed by atoms with Crippen molar-refractivity contribution in [3.8, 4) is 11.4 Å². The molecule has 2 heterocycles. The molecule has 0 fully saturated rings. The van der Waals surface area contributed by atoms with Gasteiger partial charge in [-0.2, -0.15) is 0 Å². The number of nitrogens with zero attached hydrogens (tertiary/aromatic N) is 2. The summed E-state index contributed by atoms with van der Waals surface area (Å²) in [5.74, 6) is 5.84. The molecule has 108 valence electrons. The molecule has 0 aliphatic heterocycles. The number of aryl methyl sites for hydroxylation is 1. The number of hydrazine groups is 1. The Bertz CT molecular complexity index is 818. The summed E-state index contributed by atoms with van der Waals surface area (Å²) in [6.45, 7) is 2.06. The standard InChI is InChI=1S/C14H12ClFN4S/c1-2-8-6-10-13(20-17)18-12(19-14(10)21-8)9-5-7(15)3-4-11(9)16/h3-6H,2,17H2,1H3,(H,18,19,20). The largest absolute Gasteiger partial charge is 0.308 e. The molecule has 7 heteroatoms. The molecule has 4 nitrogen and oxygen atoms in total. The minimum absolute atomic E-state index is 0.257. The Labute approximate surface area is 129 Å². The van der Waals surface area contributed by atoms with Gasteiger partial charge in [-0.1, -0.05) is 18.5 Å². The van der Waals surface area contributed by atoms with Crippen LogP contribution in [0.25, 0.3) is 21.6 Å². The maximum Gasteiger partial charge on any atom is 0.166 e. The van der Waals surface area contributed by atoms with Gasteiger partial charge >= 0.3 is 0 Å². The minimum atomic E-state index is -0.422. The van der Waals surface area contributed by atoms with Gasteiger partial charge < -0.3 is 5.43 Å². The lowest BCUT2D eigenvalue weighted by Crippen LogP contribution is -2.10. The fraction of sp³-hybridized carbons (Fsp3) is 0.143. The monoisotopic (exact) mass is 322 g/mol. The van der Waals surface area contributed by atoms with E-state index in [4.69, 9.17) is 17.4 Å². The van der Waals surface area contributed by atoms with Gasteiger partial charge in [-0.05, 0) is 30.7 Å². The van der Waals surface area contributed by atoms with E-state index in [1.165, 1.54) is 23.1 Å². The average molecular weight is 323 g/mol. The molecule has 0 aliphatic rings. The average Bonchev–Trinajstić information content (AvgIpc) is 2.91. The summed E-state index contributed by atoms with van der Waals surface area (Å²) < 4.78 is 14.0. The molecule has 3 N–H and O–H groups in total. The molecule has 0 saturated carbocycles. The number of anilines is 1. The first-order valence-corrected chi connectivity index (χ1v) is 7.54. The van der Waals surface area contributed by atoms with Crippen LogP contribution in [-0.2, 0) is 6.42 Å². The van der Waals surface area contributed by atoms with Crippen molar-refractivity contribution in [1.82, 2.24) is 9.97 Å². The van der Waals surface area contributed by atoms with E-state index in [-0.39, 0.29) is 11.4 Å². The zero-order valence-corrected chi connectivity index (χ0v) is 12.7. The molecule has 0 unspecified atom stereocenters. The third kappa shape index (κ3) is 2.57. The van der Waals surface area contributed by atoms with Gasteiger partial charge in [0.05, 0.1) is 10.9 Å². The van der Waals surface area contributed by atoms with Crippen molar-refractivity contribution >= 4 is 39.0 Å². The molecule has 0 atom stereocenters. The highest BCUT2D eigenvalue weighted by molar-refractivity contribution is 7.18. The molecule has 2 aromatic heterocycles. The van der Waals surface area contributed by atoms with Crippen LogP contribution in [-0.4, -0.2) is 9.97 Å². The lowest BCUT2D eigenvalue weighted by atomic mass is 10.2. The van der Waals surface area contributed by atoms with Gasteiger partial charge in [0.2, 0.25) is 0 Å². The summed E-state index contributed by atoms with van der Waals surface area (Å²) in [4.78, 5) is 10.7. The number of halogens is 2.